The number of benzene rings is 1. The molecule has 2 aromatic heterocycles. The molecule has 0 spiro atoms. The number of hydrogen-bond donors (Lipinski definition) is 0. The first-order valence-electron chi connectivity index (χ1n) is 10.7. The van der Waals surface area contributed by atoms with Crippen LogP contribution in [0.2, 0.25) is 5.02 Å². The molecule has 4 rings (SSSR count). The summed E-state index contributed by atoms with van der Waals surface area (Å²) in [6.07, 6.45) is 3.92. The van der Waals surface area contributed by atoms with E-state index in [1.165, 1.54) is 16.7 Å². The molecule has 0 N–H and O–H groups in total. The van der Waals surface area contributed by atoms with E-state index in [2.05, 4.69) is 24.0 Å². The molecule has 3 heterocycles. The highest BCUT2D eigenvalue weighted by Gasteiger charge is 2.34. The summed E-state index contributed by atoms with van der Waals surface area (Å²) in [5, 5.41) is 9.50. The predicted molar refractivity (Wildman–Crippen MR) is 124 cm³/mol. The van der Waals surface area contributed by atoms with Crippen LogP contribution in [0.3, 0.4) is 0 Å². The quantitative estimate of drug-likeness (QED) is 0.461. The van der Waals surface area contributed by atoms with Crippen LogP contribution in [-0.4, -0.2) is 43.3 Å². The molecular formula is C23H25ClN4O3S. The molecule has 7 nitrogen and oxygen atoms in total. The molecular weight excluding hydrogens is 448 g/mol. The van der Waals surface area contributed by atoms with Crippen LogP contribution in [0.4, 0.5) is 0 Å². The molecule has 0 saturated carbocycles. The minimum atomic E-state index is -0.409. The Hall–Kier alpha value is -2.58. The van der Waals surface area contributed by atoms with Crippen molar-refractivity contribution in [1.82, 2.24) is 19.7 Å². The van der Waals surface area contributed by atoms with Crippen molar-refractivity contribution in [1.29, 1.82) is 0 Å². The third-order valence-electron chi connectivity index (χ3n) is 5.23. The van der Waals surface area contributed by atoms with Crippen molar-refractivity contribution in [2.24, 2.45) is 5.92 Å². The van der Waals surface area contributed by atoms with Gasteiger partial charge in [0.1, 0.15) is 0 Å². The van der Waals surface area contributed by atoms with Gasteiger partial charge in [0.2, 0.25) is 5.91 Å². The Labute approximate surface area is 196 Å². The number of carbonyl (C=O) groups is 2. The van der Waals surface area contributed by atoms with Gasteiger partial charge in [-0.15, -0.1) is 10.2 Å². The molecule has 32 heavy (non-hydrogen) atoms. The predicted octanol–water partition coefficient (Wildman–Crippen LogP) is 5.16. The number of halogens is 1. The zero-order chi connectivity index (χ0) is 22.7. The second-order valence-corrected chi connectivity index (χ2v) is 9.80. The molecule has 0 unspecified atom stereocenters. The van der Waals surface area contributed by atoms with Gasteiger partial charge in [0.25, 0.3) is 5.91 Å². The summed E-state index contributed by atoms with van der Waals surface area (Å²) in [6, 6.07) is 10.3. The van der Waals surface area contributed by atoms with Crippen molar-refractivity contribution >= 4 is 35.2 Å². The van der Waals surface area contributed by atoms with Crippen LogP contribution in [0.1, 0.15) is 43.5 Å². The maximum Gasteiger partial charge on any atom is 0.260 e. The third kappa shape index (κ3) is 4.91. The summed E-state index contributed by atoms with van der Waals surface area (Å²) < 4.78 is 7.53. The maximum atomic E-state index is 13.4. The summed E-state index contributed by atoms with van der Waals surface area (Å²) in [7, 11) is 0. The lowest BCUT2D eigenvalue weighted by atomic mass is 10.2. The molecule has 0 radical (unpaired) electrons. The number of thioether (sulfide) groups is 1. The smallest absolute Gasteiger partial charge is 0.260 e. The Bertz CT molecular complexity index is 1080. The third-order valence-corrected chi connectivity index (χ3v) is 6.72. The Morgan fingerprint density at radius 2 is 2.00 bits per heavy atom. The van der Waals surface area contributed by atoms with Gasteiger partial charge in [0.15, 0.2) is 16.7 Å². The molecule has 1 saturated heterocycles. The zero-order valence-corrected chi connectivity index (χ0v) is 19.6. The Balaban J connectivity index is 1.59. The fourth-order valence-corrected chi connectivity index (χ4v) is 4.96. The van der Waals surface area contributed by atoms with Gasteiger partial charge < -0.3 is 4.42 Å². The van der Waals surface area contributed by atoms with Crippen LogP contribution in [0.15, 0.2) is 52.2 Å². The molecule has 1 fully saturated rings. The van der Waals surface area contributed by atoms with Crippen LogP contribution in [0, 0.1) is 5.92 Å². The van der Waals surface area contributed by atoms with E-state index in [0.717, 1.165) is 12.8 Å². The largest absolute Gasteiger partial charge is 0.461 e. The van der Waals surface area contributed by atoms with Gasteiger partial charge >= 0.3 is 0 Å². The summed E-state index contributed by atoms with van der Waals surface area (Å²) in [6.45, 7) is 5.33. The monoisotopic (exact) mass is 472 g/mol. The van der Waals surface area contributed by atoms with Crippen LogP contribution < -0.4 is 0 Å². The van der Waals surface area contributed by atoms with Gasteiger partial charge in [-0.1, -0.05) is 43.6 Å². The fourth-order valence-electron chi connectivity index (χ4n) is 3.69. The van der Waals surface area contributed by atoms with Crippen molar-refractivity contribution in [3.8, 4) is 11.6 Å². The molecule has 2 amide bonds. The van der Waals surface area contributed by atoms with Crippen LogP contribution in [-0.2, 0) is 11.3 Å². The summed E-state index contributed by atoms with van der Waals surface area (Å²) in [5.74, 6) is 1.15. The SMILES string of the molecule is CC(C)Cn1c(S[C@@H]2CCCCN(C(=O)c3ccc(Cl)cc3)C2=O)nnc1-c1ccco1. The van der Waals surface area contributed by atoms with Gasteiger partial charge in [0.05, 0.1) is 11.5 Å². The molecule has 0 aliphatic carbocycles. The standard InChI is InChI=1S/C23H25ClN4O3S/c1-15(2)14-28-20(18-6-5-13-31-18)25-26-23(28)32-19-7-3-4-12-27(22(19)30)21(29)16-8-10-17(24)11-9-16/h5-6,8-11,13,15,19H,3-4,7,12,14H2,1-2H3/t19-/m1/s1. The first-order chi connectivity index (χ1) is 15.4. The molecule has 1 aliphatic heterocycles. The average Bonchev–Trinajstić information content (AvgIpc) is 3.38. The number of carbonyl (C=O) groups excluding carboxylic acids is 2. The van der Waals surface area contributed by atoms with Crippen molar-refractivity contribution in [2.45, 2.75) is 50.1 Å². The number of hydrogen-bond acceptors (Lipinski definition) is 6. The molecule has 1 aliphatic rings. The van der Waals surface area contributed by atoms with E-state index in [9.17, 15) is 9.59 Å². The van der Waals surface area contributed by atoms with Gasteiger partial charge in [-0.05, 0) is 55.2 Å². The van der Waals surface area contributed by atoms with Crippen LogP contribution >= 0.6 is 23.4 Å². The Kier molecular flexibility index (Phi) is 7.01. The zero-order valence-electron chi connectivity index (χ0n) is 18.0. The lowest BCUT2D eigenvalue weighted by molar-refractivity contribution is -0.127. The minimum Gasteiger partial charge on any atom is -0.461 e. The number of aromatic nitrogens is 3. The topological polar surface area (TPSA) is 81.2 Å². The summed E-state index contributed by atoms with van der Waals surface area (Å²) >= 11 is 7.32. The van der Waals surface area contributed by atoms with Crippen LogP contribution in [0.25, 0.3) is 11.6 Å². The normalized spacial score (nSPS) is 17.1. The molecule has 3 aromatic rings. The average molecular weight is 473 g/mol. The van der Waals surface area contributed by atoms with E-state index in [-0.39, 0.29) is 11.8 Å². The number of nitrogens with zero attached hydrogens (tertiary/aromatic N) is 4. The van der Waals surface area contributed by atoms with E-state index in [1.54, 1.807) is 30.5 Å². The Morgan fingerprint density at radius 3 is 2.69 bits per heavy atom. The van der Waals surface area contributed by atoms with E-state index < -0.39 is 5.25 Å². The van der Waals surface area contributed by atoms with Gasteiger partial charge in [-0.25, -0.2) is 0 Å². The van der Waals surface area contributed by atoms with E-state index >= 15 is 0 Å². The number of amides is 2. The highest BCUT2D eigenvalue weighted by Crippen LogP contribution is 2.32. The lowest BCUT2D eigenvalue weighted by Crippen LogP contribution is -2.41. The molecule has 168 valence electrons. The summed E-state index contributed by atoms with van der Waals surface area (Å²) in [5.41, 5.74) is 0.455. The number of furan rings is 1. The summed E-state index contributed by atoms with van der Waals surface area (Å²) in [4.78, 5) is 27.8. The van der Waals surface area contributed by atoms with Crippen molar-refractivity contribution in [3.05, 3.63) is 53.2 Å². The second-order valence-electron chi connectivity index (χ2n) is 8.19. The molecule has 1 atom stereocenters. The van der Waals surface area contributed by atoms with E-state index in [4.69, 9.17) is 16.0 Å². The van der Waals surface area contributed by atoms with Crippen molar-refractivity contribution in [3.63, 3.8) is 0 Å². The van der Waals surface area contributed by atoms with Gasteiger partial charge in [-0.3, -0.25) is 19.1 Å². The minimum absolute atomic E-state index is 0.189. The molecule has 9 heteroatoms. The fraction of sp³-hybridized carbons (Fsp3) is 0.391. The Morgan fingerprint density at radius 1 is 1.22 bits per heavy atom. The van der Waals surface area contributed by atoms with Crippen LogP contribution in [0.5, 0.6) is 0 Å². The van der Waals surface area contributed by atoms with Crippen molar-refractivity contribution in [2.75, 3.05) is 6.54 Å². The second kappa shape index (κ2) is 9.92. The first-order valence-corrected chi connectivity index (χ1v) is 11.9. The lowest BCUT2D eigenvalue weighted by Gasteiger charge is -2.22. The highest BCUT2D eigenvalue weighted by molar-refractivity contribution is 8.00. The first kappa shape index (κ1) is 22.6. The maximum absolute atomic E-state index is 13.4. The number of rotatable bonds is 6. The number of imide groups is 1. The molecule has 0 bridgehead atoms. The van der Waals surface area contributed by atoms with Crippen molar-refractivity contribution < 1.29 is 14.0 Å². The van der Waals surface area contributed by atoms with Gasteiger partial charge in [0, 0.05) is 23.7 Å². The van der Waals surface area contributed by atoms with E-state index in [1.807, 2.05) is 16.7 Å². The van der Waals surface area contributed by atoms with Gasteiger partial charge in [-0.2, -0.15) is 0 Å². The van der Waals surface area contributed by atoms with E-state index in [0.29, 0.717) is 52.8 Å². The number of likely N-dealkylation sites (tertiary alicyclic amines) is 1. The highest BCUT2D eigenvalue weighted by atomic mass is 35.5. The molecule has 1 aromatic carbocycles.